The largest absolute Gasteiger partial charge is 0.436 e. The van der Waals surface area contributed by atoms with Gasteiger partial charge in [0.15, 0.2) is 5.58 Å². The van der Waals surface area contributed by atoms with Gasteiger partial charge in [-0.3, -0.25) is 0 Å². The summed E-state index contributed by atoms with van der Waals surface area (Å²) in [5, 5.41) is 2.48. The third-order valence-electron chi connectivity index (χ3n) is 11.9. The second kappa shape index (κ2) is 10.8. The van der Waals surface area contributed by atoms with Gasteiger partial charge in [-0.1, -0.05) is 125 Å². The second-order valence-corrected chi connectivity index (χ2v) is 16.6. The highest BCUT2D eigenvalue weighted by Gasteiger charge is 2.41. The molecule has 2 aliphatic rings. The van der Waals surface area contributed by atoms with Crippen LogP contribution in [0.2, 0.25) is 0 Å². The molecule has 7 aromatic carbocycles. The lowest BCUT2D eigenvalue weighted by Gasteiger charge is -2.31. The van der Waals surface area contributed by atoms with Crippen LogP contribution >= 0.6 is 11.3 Å². The third-order valence-corrected chi connectivity index (χ3v) is 13.0. The number of fused-ring (bicyclic) bond motifs is 10. The van der Waals surface area contributed by atoms with Gasteiger partial charge in [-0.2, -0.15) is 0 Å². The van der Waals surface area contributed by atoms with Crippen LogP contribution in [-0.4, -0.2) is 4.98 Å². The van der Waals surface area contributed by atoms with E-state index in [-0.39, 0.29) is 10.8 Å². The molecule has 0 atom stereocenters. The van der Waals surface area contributed by atoms with E-state index < -0.39 is 0 Å². The number of aromatic nitrogens is 1. The molecule has 0 aliphatic heterocycles. The van der Waals surface area contributed by atoms with Gasteiger partial charge in [0.2, 0.25) is 5.89 Å². The number of benzene rings is 7. The molecule has 0 radical (unpaired) electrons. The Hall–Kier alpha value is -5.97. The number of hydrogen-bond donors (Lipinski definition) is 0. The summed E-state index contributed by atoms with van der Waals surface area (Å²) in [7, 11) is 0. The fourth-order valence-corrected chi connectivity index (χ4v) is 10.5. The third kappa shape index (κ3) is 4.18. The van der Waals surface area contributed by atoms with Crippen molar-refractivity contribution in [2.24, 2.45) is 0 Å². The number of thiophene rings is 1. The molecule has 0 amide bonds. The molecule has 0 bridgehead atoms. The first kappa shape index (κ1) is 30.6. The van der Waals surface area contributed by atoms with Crippen molar-refractivity contribution in [2.45, 2.75) is 38.5 Å². The normalized spacial score (nSPS) is 14.7. The molecule has 0 unspecified atom stereocenters. The zero-order valence-electron chi connectivity index (χ0n) is 30.1. The molecule has 0 saturated carbocycles. The average Bonchev–Trinajstić information content (AvgIpc) is 3.90. The summed E-state index contributed by atoms with van der Waals surface area (Å²) in [6.45, 7) is 9.47. The van der Waals surface area contributed by atoms with Crippen molar-refractivity contribution in [3.05, 3.63) is 168 Å². The molecule has 53 heavy (non-hydrogen) atoms. The predicted octanol–water partition coefficient (Wildman–Crippen LogP) is 13.9. The van der Waals surface area contributed by atoms with Crippen LogP contribution < -0.4 is 4.90 Å². The van der Waals surface area contributed by atoms with Crippen LogP contribution in [0.4, 0.5) is 17.1 Å². The van der Waals surface area contributed by atoms with Crippen molar-refractivity contribution in [3.63, 3.8) is 0 Å². The van der Waals surface area contributed by atoms with Crippen LogP contribution in [0.3, 0.4) is 0 Å². The summed E-state index contributed by atoms with van der Waals surface area (Å²) in [6.07, 6.45) is 0. The quantitative estimate of drug-likeness (QED) is 0.183. The first-order valence-corrected chi connectivity index (χ1v) is 19.2. The fraction of sp³-hybridized carbons (Fsp3) is 0.122. The molecule has 0 fully saturated rings. The molecule has 4 heteroatoms. The van der Waals surface area contributed by atoms with E-state index in [9.17, 15) is 0 Å². The average molecular weight is 701 g/mol. The van der Waals surface area contributed by atoms with Gasteiger partial charge in [0.05, 0.1) is 17.1 Å². The number of para-hydroxylation sites is 2. The maximum absolute atomic E-state index is 6.22. The molecule has 9 aromatic rings. The molecule has 0 N–H and O–H groups in total. The number of anilines is 3. The summed E-state index contributed by atoms with van der Waals surface area (Å²) in [4.78, 5) is 7.41. The Morgan fingerprint density at radius 1 is 0.528 bits per heavy atom. The highest BCUT2D eigenvalue weighted by molar-refractivity contribution is 7.26. The molecule has 3 nitrogen and oxygen atoms in total. The molecule has 2 heterocycles. The van der Waals surface area contributed by atoms with E-state index in [1.165, 1.54) is 81.7 Å². The number of hydrogen-bond acceptors (Lipinski definition) is 4. The maximum Gasteiger partial charge on any atom is 0.227 e. The Kier molecular flexibility index (Phi) is 6.23. The van der Waals surface area contributed by atoms with Crippen LogP contribution in [0, 0.1) is 0 Å². The van der Waals surface area contributed by atoms with E-state index in [0.29, 0.717) is 5.89 Å². The molecular formula is C49H36N2OS. The van der Waals surface area contributed by atoms with E-state index in [0.717, 1.165) is 16.7 Å². The van der Waals surface area contributed by atoms with Crippen LogP contribution in [0.1, 0.15) is 49.9 Å². The Morgan fingerprint density at radius 3 is 1.75 bits per heavy atom. The molecule has 0 saturated heterocycles. The molecule has 11 rings (SSSR count). The van der Waals surface area contributed by atoms with E-state index >= 15 is 0 Å². The van der Waals surface area contributed by atoms with Gasteiger partial charge < -0.3 is 9.32 Å². The Morgan fingerprint density at radius 2 is 1.09 bits per heavy atom. The van der Waals surface area contributed by atoms with Crippen molar-refractivity contribution >= 4 is 59.7 Å². The second-order valence-electron chi connectivity index (χ2n) is 15.5. The summed E-state index contributed by atoms with van der Waals surface area (Å²) < 4.78 is 8.68. The molecule has 2 aliphatic carbocycles. The van der Waals surface area contributed by atoms with Crippen LogP contribution in [0.25, 0.3) is 65.0 Å². The van der Waals surface area contributed by atoms with E-state index in [1.54, 1.807) is 0 Å². The smallest absolute Gasteiger partial charge is 0.227 e. The van der Waals surface area contributed by atoms with Crippen molar-refractivity contribution < 1.29 is 4.42 Å². The Bertz CT molecular complexity index is 2840. The topological polar surface area (TPSA) is 29.3 Å². The van der Waals surface area contributed by atoms with E-state index in [1.807, 2.05) is 35.6 Å². The number of oxazole rings is 1. The Balaban J connectivity index is 1.21. The minimum atomic E-state index is -0.122. The maximum atomic E-state index is 6.22. The Labute approximate surface area is 312 Å². The highest BCUT2D eigenvalue weighted by Crippen LogP contribution is 2.59. The lowest BCUT2D eigenvalue weighted by Crippen LogP contribution is -2.17. The minimum Gasteiger partial charge on any atom is -0.436 e. The van der Waals surface area contributed by atoms with Gasteiger partial charge in [-0.25, -0.2) is 4.98 Å². The fourth-order valence-electron chi connectivity index (χ4n) is 9.35. The summed E-state index contributed by atoms with van der Waals surface area (Å²) in [5.41, 5.74) is 16.7. The monoisotopic (exact) mass is 700 g/mol. The summed E-state index contributed by atoms with van der Waals surface area (Å²) >= 11 is 1.83. The number of nitrogens with zero attached hydrogens (tertiary/aromatic N) is 2. The first-order valence-electron chi connectivity index (χ1n) is 18.4. The standard InChI is InChI=1S/C49H36N2OS/c1-48(2)33-16-7-5-14-30(33)44-35(48)18-11-21-38(44)51(39-22-12-19-36-45(39)31-15-6-8-17-34(31)49(36,3)4)40-23-13-25-42-46(40)32-27-26-29(28-43(32)53-42)47-50-37-20-9-10-24-41(37)52-47/h5-28H,1-4H3. The van der Waals surface area contributed by atoms with E-state index in [2.05, 4.69) is 154 Å². The van der Waals surface area contributed by atoms with Gasteiger partial charge in [0.1, 0.15) is 5.52 Å². The highest BCUT2D eigenvalue weighted by atomic mass is 32.1. The molecule has 0 spiro atoms. The van der Waals surface area contributed by atoms with E-state index in [4.69, 9.17) is 9.40 Å². The minimum absolute atomic E-state index is 0.122. The zero-order chi connectivity index (χ0) is 35.6. The van der Waals surface area contributed by atoms with Gasteiger partial charge in [-0.15, -0.1) is 11.3 Å². The predicted molar refractivity (Wildman–Crippen MR) is 222 cm³/mol. The van der Waals surface area contributed by atoms with Gasteiger partial charge in [0, 0.05) is 47.7 Å². The van der Waals surface area contributed by atoms with Crippen molar-refractivity contribution in [2.75, 3.05) is 4.90 Å². The summed E-state index contributed by atoms with van der Waals surface area (Å²) in [5.74, 6) is 0.648. The van der Waals surface area contributed by atoms with Crippen LogP contribution in [-0.2, 0) is 10.8 Å². The lowest BCUT2D eigenvalue weighted by molar-refractivity contribution is 0.620. The van der Waals surface area contributed by atoms with Crippen LogP contribution in [0.5, 0.6) is 0 Å². The van der Waals surface area contributed by atoms with Gasteiger partial charge >= 0.3 is 0 Å². The van der Waals surface area contributed by atoms with Crippen molar-refractivity contribution in [1.29, 1.82) is 0 Å². The SMILES string of the molecule is CC1(C)c2ccccc2-c2c(N(c3cccc4c3-c3ccccc3C4(C)C)c3cccc4sc5cc(-c6nc7ccccc7o6)ccc5c34)cccc21. The lowest BCUT2D eigenvalue weighted by atomic mass is 9.82. The summed E-state index contributed by atoms with van der Waals surface area (Å²) in [6, 6.07) is 53.3. The molecule has 2 aromatic heterocycles. The van der Waals surface area contributed by atoms with Crippen molar-refractivity contribution in [3.8, 4) is 33.7 Å². The number of rotatable bonds is 4. The van der Waals surface area contributed by atoms with Crippen LogP contribution in [0.15, 0.2) is 150 Å². The molecular weight excluding hydrogens is 665 g/mol. The van der Waals surface area contributed by atoms with Crippen molar-refractivity contribution in [1.82, 2.24) is 4.98 Å². The zero-order valence-corrected chi connectivity index (χ0v) is 30.9. The molecule has 254 valence electrons. The first-order chi connectivity index (χ1) is 25.8. The van der Waals surface area contributed by atoms with Gasteiger partial charge in [-0.05, 0) is 81.9 Å². The van der Waals surface area contributed by atoms with Gasteiger partial charge in [0.25, 0.3) is 0 Å².